The molecule has 4 rings (SSSR count). The minimum Gasteiger partial charge on any atom is -0.345 e. The molecule has 0 radical (unpaired) electrons. The van der Waals surface area contributed by atoms with E-state index in [9.17, 15) is 9.59 Å². The third-order valence-electron chi connectivity index (χ3n) is 4.58. The Morgan fingerprint density at radius 2 is 1.86 bits per heavy atom. The molecular formula is C21H20N6O2. The Labute approximate surface area is 167 Å². The van der Waals surface area contributed by atoms with Crippen molar-refractivity contribution >= 4 is 28.5 Å². The maximum Gasteiger partial charge on any atom is 0.274 e. The maximum absolute atomic E-state index is 12.8. The molecule has 0 unspecified atom stereocenters. The van der Waals surface area contributed by atoms with E-state index in [0.29, 0.717) is 5.69 Å². The Balaban J connectivity index is 1.63. The molecule has 146 valence electrons. The largest absolute Gasteiger partial charge is 0.345 e. The first-order chi connectivity index (χ1) is 13.9. The number of aromatic nitrogens is 4. The number of nitrogens with one attached hydrogen (secondary N) is 2. The number of carbonyl (C=O) groups is 2. The van der Waals surface area contributed by atoms with E-state index < -0.39 is 5.91 Å². The van der Waals surface area contributed by atoms with Gasteiger partial charge < -0.3 is 15.2 Å². The number of amides is 2. The fraction of sp³-hybridized carbons (Fsp3) is 0.143. The summed E-state index contributed by atoms with van der Waals surface area (Å²) in [6.07, 6.45) is 1.40. The number of fused-ring (bicyclic) bond motifs is 1. The Morgan fingerprint density at radius 3 is 2.59 bits per heavy atom. The number of hydrogen-bond acceptors (Lipinski definition) is 4. The highest BCUT2D eigenvalue weighted by molar-refractivity contribution is 6.11. The van der Waals surface area contributed by atoms with Crippen molar-refractivity contribution in [3.63, 3.8) is 0 Å². The van der Waals surface area contributed by atoms with E-state index in [2.05, 4.69) is 20.4 Å². The van der Waals surface area contributed by atoms with Gasteiger partial charge in [0.1, 0.15) is 11.5 Å². The van der Waals surface area contributed by atoms with E-state index in [1.54, 1.807) is 27.2 Å². The lowest BCUT2D eigenvalue weighted by atomic mass is 10.2. The van der Waals surface area contributed by atoms with Gasteiger partial charge in [-0.15, -0.1) is 0 Å². The van der Waals surface area contributed by atoms with Gasteiger partial charge in [0.05, 0.1) is 22.8 Å². The van der Waals surface area contributed by atoms with Crippen LogP contribution < -0.4 is 5.32 Å². The quantitative estimate of drug-likeness (QED) is 0.562. The molecule has 0 saturated carbocycles. The molecule has 2 N–H and O–H groups in total. The van der Waals surface area contributed by atoms with Gasteiger partial charge in [0.25, 0.3) is 11.8 Å². The minimum absolute atomic E-state index is 0.207. The summed E-state index contributed by atoms with van der Waals surface area (Å²) in [6, 6.07) is 15.2. The first kappa shape index (κ1) is 18.4. The topological polar surface area (TPSA) is 95.9 Å². The number of aryl methyl sites for hydroxylation is 1. The van der Waals surface area contributed by atoms with Crippen LogP contribution in [0.3, 0.4) is 0 Å². The summed E-state index contributed by atoms with van der Waals surface area (Å²) in [4.78, 5) is 34.4. The van der Waals surface area contributed by atoms with Crippen LogP contribution in [0.5, 0.6) is 0 Å². The average Bonchev–Trinajstić information content (AvgIpc) is 3.31. The van der Waals surface area contributed by atoms with Crippen LogP contribution in [0, 0.1) is 0 Å². The molecule has 2 heterocycles. The van der Waals surface area contributed by atoms with Gasteiger partial charge in [-0.1, -0.05) is 30.3 Å². The van der Waals surface area contributed by atoms with Gasteiger partial charge in [-0.05, 0) is 18.2 Å². The molecule has 8 nitrogen and oxygen atoms in total. The molecule has 2 aromatic heterocycles. The number of anilines is 1. The van der Waals surface area contributed by atoms with Gasteiger partial charge >= 0.3 is 0 Å². The molecule has 4 aromatic rings. The van der Waals surface area contributed by atoms with Crippen LogP contribution in [0.1, 0.15) is 20.8 Å². The Kier molecular flexibility index (Phi) is 4.59. The second-order valence-corrected chi connectivity index (χ2v) is 6.87. The van der Waals surface area contributed by atoms with E-state index in [1.165, 1.54) is 15.8 Å². The number of H-pyrrole nitrogens is 1. The lowest BCUT2D eigenvalue weighted by Crippen LogP contribution is -2.26. The molecule has 8 heteroatoms. The van der Waals surface area contributed by atoms with E-state index in [0.717, 1.165) is 22.4 Å². The minimum atomic E-state index is -0.405. The van der Waals surface area contributed by atoms with Crippen molar-refractivity contribution in [2.75, 3.05) is 19.4 Å². The number of benzene rings is 2. The average molecular weight is 388 g/mol. The van der Waals surface area contributed by atoms with E-state index in [1.807, 2.05) is 42.5 Å². The van der Waals surface area contributed by atoms with Crippen LogP contribution in [-0.2, 0) is 7.05 Å². The Bertz CT molecular complexity index is 1210. The smallest absolute Gasteiger partial charge is 0.274 e. The summed E-state index contributed by atoms with van der Waals surface area (Å²) >= 11 is 0. The highest BCUT2D eigenvalue weighted by Crippen LogP contribution is 2.23. The van der Waals surface area contributed by atoms with Crippen LogP contribution >= 0.6 is 0 Å². The van der Waals surface area contributed by atoms with E-state index in [4.69, 9.17) is 0 Å². The van der Waals surface area contributed by atoms with E-state index in [-0.39, 0.29) is 17.2 Å². The predicted molar refractivity (Wildman–Crippen MR) is 111 cm³/mol. The number of nitrogens with zero attached hydrogens (tertiary/aromatic N) is 4. The zero-order valence-electron chi connectivity index (χ0n) is 16.3. The second-order valence-electron chi connectivity index (χ2n) is 6.87. The van der Waals surface area contributed by atoms with Crippen molar-refractivity contribution in [2.45, 2.75) is 0 Å². The highest BCUT2D eigenvalue weighted by atomic mass is 16.2. The molecule has 2 amide bonds. The van der Waals surface area contributed by atoms with Gasteiger partial charge in [0.2, 0.25) is 0 Å². The highest BCUT2D eigenvalue weighted by Gasteiger charge is 2.23. The van der Waals surface area contributed by atoms with Crippen LogP contribution in [0.15, 0.2) is 54.7 Å². The number of hydrogen-bond donors (Lipinski definition) is 2. The van der Waals surface area contributed by atoms with Crippen LogP contribution in [-0.4, -0.2) is 50.6 Å². The molecule has 0 atom stereocenters. The SMILES string of the molecule is CN(C)C(=O)c1cnn(C)c1C(=O)Nc1ccc2nc(-c3ccccc3)[nH]c2c1. The molecule has 0 bridgehead atoms. The number of carbonyl (C=O) groups excluding carboxylic acids is 2. The molecule has 0 saturated heterocycles. The first-order valence-electron chi connectivity index (χ1n) is 9.04. The zero-order valence-corrected chi connectivity index (χ0v) is 16.3. The molecule has 0 aliphatic heterocycles. The third-order valence-corrected chi connectivity index (χ3v) is 4.58. The van der Waals surface area contributed by atoms with Gasteiger partial charge in [-0.3, -0.25) is 14.3 Å². The van der Waals surface area contributed by atoms with Crippen LogP contribution in [0.2, 0.25) is 0 Å². The van der Waals surface area contributed by atoms with Crippen molar-refractivity contribution in [1.29, 1.82) is 0 Å². The van der Waals surface area contributed by atoms with Crippen LogP contribution in [0.4, 0.5) is 5.69 Å². The van der Waals surface area contributed by atoms with Gasteiger partial charge in [-0.25, -0.2) is 4.98 Å². The van der Waals surface area contributed by atoms with Gasteiger partial charge in [-0.2, -0.15) is 5.10 Å². The predicted octanol–water partition coefficient (Wildman–Crippen LogP) is 2.92. The maximum atomic E-state index is 12.8. The van der Waals surface area contributed by atoms with Gasteiger partial charge in [0, 0.05) is 32.4 Å². The lowest BCUT2D eigenvalue weighted by molar-refractivity contribution is 0.0821. The molecule has 0 spiro atoms. The van der Waals surface area contributed by atoms with E-state index >= 15 is 0 Å². The molecule has 0 aliphatic carbocycles. The first-order valence-corrected chi connectivity index (χ1v) is 9.04. The molecule has 0 fully saturated rings. The number of aromatic amines is 1. The van der Waals surface area contributed by atoms with Gasteiger partial charge in [0.15, 0.2) is 0 Å². The third kappa shape index (κ3) is 3.47. The van der Waals surface area contributed by atoms with Crippen molar-refractivity contribution < 1.29 is 9.59 Å². The van der Waals surface area contributed by atoms with Crippen molar-refractivity contribution in [2.24, 2.45) is 7.05 Å². The van der Waals surface area contributed by atoms with Crippen molar-refractivity contribution in [3.8, 4) is 11.4 Å². The second kappa shape index (κ2) is 7.23. The van der Waals surface area contributed by atoms with Crippen molar-refractivity contribution in [3.05, 3.63) is 66.0 Å². The van der Waals surface area contributed by atoms with Crippen molar-refractivity contribution in [1.82, 2.24) is 24.6 Å². The molecule has 2 aromatic carbocycles. The lowest BCUT2D eigenvalue weighted by Gasteiger charge is -2.11. The Morgan fingerprint density at radius 1 is 1.10 bits per heavy atom. The number of imidazole rings is 1. The summed E-state index contributed by atoms with van der Waals surface area (Å²) < 4.78 is 1.40. The monoisotopic (exact) mass is 388 g/mol. The summed E-state index contributed by atoms with van der Waals surface area (Å²) in [5, 5.41) is 6.90. The zero-order chi connectivity index (χ0) is 20.5. The number of rotatable bonds is 4. The summed E-state index contributed by atoms with van der Waals surface area (Å²) in [7, 11) is 4.90. The molecule has 0 aliphatic rings. The summed E-state index contributed by atoms with van der Waals surface area (Å²) in [5.41, 5.74) is 3.63. The summed E-state index contributed by atoms with van der Waals surface area (Å²) in [5.74, 6) is 0.0756. The fourth-order valence-corrected chi connectivity index (χ4v) is 3.11. The van der Waals surface area contributed by atoms with Crippen LogP contribution in [0.25, 0.3) is 22.4 Å². The normalized spacial score (nSPS) is 10.9. The Hall–Kier alpha value is -3.94. The summed E-state index contributed by atoms with van der Waals surface area (Å²) in [6.45, 7) is 0. The fourth-order valence-electron chi connectivity index (χ4n) is 3.11. The molecular weight excluding hydrogens is 368 g/mol. The molecule has 29 heavy (non-hydrogen) atoms. The standard InChI is InChI=1S/C21H20N6O2/c1-26(2)21(29)15-12-22-27(3)18(15)20(28)23-14-9-10-16-17(11-14)25-19(24-16)13-7-5-4-6-8-13/h4-12H,1-3H3,(H,23,28)(H,24,25).